The van der Waals surface area contributed by atoms with Crippen LogP contribution in [0, 0.1) is 13.8 Å². The molecule has 3 aromatic rings. The summed E-state index contributed by atoms with van der Waals surface area (Å²) in [7, 11) is -3.90. The third kappa shape index (κ3) is 5.17. The number of sulfonamides is 1. The second-order valence-corrected chi connectivity index (χ2v) is 8.91. The molecule has 0 saturated carbocycles. The van der Waals surface area contributed by atoms with E-state index in [1.807, 2.05) is 25.5 Å². The van der Waals surface area contributed by atoms with E-state index < -0.39 is 16.1 Å². The van der Waals surface area contributed by atoms with Crippen LogP contribution < -0.4 is 15.8 Å². The van der Waals surface area contributed by atoms with Crippen molar-refractivity contribution in [3.05, 3.63) is 47.4 Å². The average Bonchev–Trinajstić information content (AvgIpc) is 3.14. The number of aryl methyl sites for hydroxylation is 3. The highest BCUT2D eigenvalue weighted by molar-refractivity contribution is 7.90. The molecule has 0 radical (unpaired) electrons. The van der Waals surface area contributed by atoms with Gasteiger partial charge in [0.25, 0.3) is 10.0 Å². The highest BCUT2D eigenvalue weighted by atomic mass is 32.2. The van der Waals surface area contributed by atoms with E-state index in [1.54, 1.807) is 18.2 Å². The number of fused-ring (bicyclic) bond motifs is 1. The Bertz CT molecular complexity index is 1210. The number of nitrogens with two attached hydrogens (primary N) is 1. The quantitative estimate of drug-likeness (QED) is 0.414. The summed E-state index contributed by atoms with van der Waals surface area (Å²) in [5.41, 5.74) is 9.60. The van der Waals surface area contributed by atoms with Crippen molar-refractivity contribution in [2.24, 2.45) is 0 Å². The molecule has 10 nitrogen and oxygen atoms in total. The Hall–Kier alpha value is -3.18. The molecule has 3 rings (SSSR count). The molecule has 4 N–H and O–H groups in total. The van der Waals surface area contributed by atoms with Crippen LogP contribution >= 0.6 is 0 Å². The molecule has 32 heavy (non-hydrogen) atoms. The number of carbonyl (C=O) groups excluding carboxylic acids is 1. The lowest BCUT2D eigenvalue weighted by Crippen LogP contribution is -2.40. The highest BCUT2D eigenvalue weighted by Gasteiger charge is 2.17. The fourth-order valence-corrected chi connectivity index (χ4v) is 4.32. The minimum Gasteiger partial charge on any atom is -0.382 e. The normalized spacial score (nSPS) is 11.6. The maximum atomic E-state index is 12.1. The predicted octanol–water partition coefficient (Wildman–Crippen LogP) is 1.90. The average molecular weight is 461 g/mol. The third-order valence-corrected chi connectivity index (χ3v) is 6.41. The van der Waals surface area contributed by atoms with Crippen LogP contribution in [0.15, 0.2) is 35.2 Å². The van der Waals surface area contributed by atoms with E-state index in [0.717, 1.165) is 29.0 Å². The third-order valence-electron chi connectivity index (χ3n) is 5.06. The first-order chi connectivity index (χ1) is 15.2. The number of rotatable bonds is 9. The number of urea groups is 1. The van der Waals surface area contributed by atoms with Crippen LogP contribution in [0.25, 0.3) is 11.0 Å². The molecule has 0 fully saturated rings. The van der Waals surface area contributed by atoms with Crippen LogP contribution in [0.1, 0.15) is 24.0 Å². The molecule has 2 amide bonds. The van der Waals surface area contributed by atoms with Crippen molar-refractivity contribution in [2.75, 3.05) is 25.5 Å². The second kappa shape index (κ2) is 9.96. The molecule has 0 unspecified atom stereocenters. The van der Waals surface area contributed by atoms with E-state index in [2.05, 4.69) is 19.9 Å². The number of pyridine rings is 1. The first-order valence-electron chi connectivity index (χ1n) is 10.3. The van der Waals surface area contributed by atoms with Crippen molar-refractivity contribution >= 4 is 32.9 Å². The van der Waals surface area contributed by atoms with Crippen molar-refractivity contribution in [3.8, 4) is 0 Å². The van der Waals surface area contributed by atoms with Crippen LogP contribution in [-0.2, 0) is 27.7 Å². The fourth-order valence-electron chi connectivity index (χ4n) is 3.37. The fraction of sp³-hybridized carbons (Fsp3) is 0.381. The van der Waals surface area contributed by atoms with Gasteiger partial charge in [-0.15, -0.1) is 0 Å². The number of hydrogen-bond acceptors (Lipinski definition) is 7. The first-order valence-corrected chi connectivity index (χ1v) is 11.8. The molecule has 0 aliphatic carbocycles. The SMILES string of the molecule is CCc1nc2c(N)nc(C)c(C)c2n1CCOCCNC(=O)NS(=O)(=O)c1ccccc1. The molecule has 172 valence electrons. The zero-order chi connectivity index (χ0) is 23.3. The smallest absolute Gasteiger partial charge is 0.328 e. The van der Waals surface area contributed by atoms with Gasteiger partial charge in [0.2, 0.25) is 0 Å². The first kappa shape index (κ1) is 23.5. The number of benzene rings is 1. The van der Waals surface area contributed by atoms with E-state index in [9.17, 15) is 13.2 Å². The molecule has 0 spiro atoms. The Morgan fingerprint density at radius 2 is 1.88 bits per heavy atom. The van der Waals surface area contributed by atoms with E-state index in [0.29, 0.717) is 24.5 Å². The maximum absolute atomic E-state index is 12.1. The number of nitrogen functional groups attached to an aromatic ring is 1. The van der Waals surface area contributed by atoms with Crippen molar-refractivity contribution < 1.29 is 17.9 Å². The van der Waals surface area contributed by atoms with Crippen molar-refractivity contribution in [1.29, 1.82) is 0 Å². The molecule has 0 atom stereocenters. The Kier molecular flexibility index (Phi) is 7.31. The Morgan fingerprint density at radius 3 is 2.56 bits per heavy atom. The topological polar surface area (TPSA) is 141 Å². The molecule has 2 heterocycles. The molecular weight excluding hydrogens is 432 g/mol. The number of ether oxygens (including phenoxy) is 1. The predicted molar refractivity (Wildman–Crippen MR) is 122 cm³/mol. The van der Waals surface area contributed by atoms with Crippen LogP contribution in [-0.4, -0.2) is 48.7 Å². The van der Waals surface area contributed by atoms with Gasteiger partial charge in [-0.05, 0) is 31.5 Å². The summed E-state index contributed by atoms with van der Waals surface area (Å²) in [5.74, 6) is 1.31. The van der Waals surface area contributed by atoms with Crippen LogP contribution in [0.2, 0.25) is 0 Å². The monoisotopic (exact) mass is 460 g/mol. The van der Waals surface area contributed by atoms with Gasteiger partial charge in [0.15, 0.2) is 5.82 Å². The van der Waals surface area contributed by atoms with Gasteiger partial charge >= 0.3 is 6.03 Å². The number of nitrogens with zero attached hydrogens (tertiary/aromatic N) is 3. The summed E-state index contributed by atoms with van der Waals surface area (Å²) >= 11 is 0. The van der Waals surface area contributed by atoms with Gasteiger partial charge in [-0.1, -0.05) is 25.1 Å². The summed E-state index contributed by atoms with van der Waals surface area (Å²) in [6.45, 7) is 7.29. The summed E-state index contributed by atoms with van der Waals surface area (Å²) in [6, 6.07) is 6.88. The van der Waals surface area contributed by atoms with Gasteiger partial charge in [0.05, 0.1) is 23.6 Å². The number of carbonyl (C=O) groups is 1. The van der Waals surface area contributed by atoms with Crippen LogP contribution in [0.5, 0.6) is 0 Å². The summed E-state index contributed by atoms with van der Waals surface area (Å²) < 4.78 is 33.9. The number of hydrogen-bond donors (Lipinski definition) is 3. The van der Waals surface area contributed by atoms with E-state index in [-0.39, 0.29) is 18.0 Å². The molecule has 0 saturated heterocycles. The van der Waals surface area contributed by atoms with Crippen LogP contribution in [0.4, 0.5) is 10.6 Å². The second-order valence-electron chi connectivity index (χ2n) is 7.22. The summed E-state index contributed by atoms with van der Waals surface area (Å²) in [6.07, 6.45) is 0.740. The Labute approximate surface area is 187 Å². The summed E-state index contributed by atoms with van der Waals surface area (Å²) in [5, 5.41) is 2.48. The molecule has 11 heteroatoms. The molecule has 0 aliphatic rings. The molecule has 1 aromatic carbocycles. The highest BCUT2D eigenvalue weighted by Crippen LogP contribution is 2.26. The molecule has 0 aliphatic heterocycles. The molecule has 0 bridgehead atoms. The number of aromatic nitrogens is 3. The molecular formula is C21H28N6O4S. The molecule has 2 aromatic heterocycles. The minimum absolute atomic E-state index is 0.0204. The van der Waals surface area contributed by atoms with E-state index >= 15 is 0 Å². The van der Waals surface area contributed by atoms with Gasteiger partial charge in [0.1, 0.15) is 11.3 Å². The maximum Gasteiger partial charge on any atom is 0.328 e. The lowest BCUT2D eigenvalue weighted by atomic mass is 10.2. The minimum atomic E-state index is -3.90. The number of imidazole rings is 1. The zero-order valence-electron chi connectivity index (χ0n) is 18.4. The number of amides is 2. The largest absolute Gasteiger partial charge is 0.382 e. The lowest BCUT2D eigenvalue weighted by Gasteiger charge is -2.12. The zero-order valence-corrected chi connectivity index (χ0v) is 19.2. The van der Waals surface area contributed by atoms with Gasteiger partial charge in [-0.3, -0.25) is 0 Å². The number of anilines is 1. The van der Waals surface area contributed by atoms with E-state index in [1.165, 1.54) is 12.1 Å². The lowest BCUT2D eigenvalue weighted by molar-refractivity contribution is 0.129. The summed E-state index contributed by atoms with van der Waals surface area (Å²) in [4.78, 5) is 20.9. The van der Waals surface area contributed by atoms with Crippen LogP contribution in [0.3, 0.4) is 0 Å². The van der Waals surface area contributed by atoms with Gasteiger partial charge < -0.3 is 20.4 Å². The van der Waals surface area contributed by atoms with Gasteiger partial charge in [-0.25, -0.2) is 27.9 Å². The number of nitrogens with one attached hydrogen (secondary N) is 2. The van der Waals surface area contributed by atoms with Gasteiger partial charge in [0, 0.05) is 25.2 Å². The van der Waals surface area contributed by atoms with Crippen molar-refractivity contribution in [2.45, 2.75) is 38.6 Å². The Balaban J connectivity index is 1.50. The van der Waals surface area contributed by atoms with Gasteiger partial charge in [-0.2, -0.15) is 0 Å². The van der Waals surface area contributed by atoms with E-state index in [4.69, 9.17) is 10.5 Å². The van der Waals surface area contributed by atoms with Crippen molar-refractivity contribution in [1.82, 2.24) is 24.6 Å². The standard InChI is InChI=1S/C21H28N6O4S/c1-4-17-25-18-19(14(2)15(3)24-20(18)22)27(17)11-13-31-12-10-23-21(28)26-32(29,30)16-8-6-5-7-9-16/h5-9H,4,10-13H2,1-3H3,(H2,22,24)(H2,23,26,28). The Morgan fingerprint density at radius 1 is 1.16 bits per heavy atom. The van der Waals surface area contributed by atoms with Crippen molar-refractivity contribution in [3.63, 3.8) is 0 Å².